The van der Waals surface area contributed by atoms with Crippen LogP contribution >= 0.6 is 11.6 Å². The van der Waals surface area contributed by atoms with Crippen LogP contribution < -0.4 is 5.32 Å². The molecule has 0 aliphatic heterocycles. The Labute approximate surface area is 167 Å². The van der Waals surface area contributed by atoms with E-state index in [1.54, 1.807) is 0 Å². The first kappa shape index (κ1) is 21.5. The molecule has 0 fully saturated rings. The van der Waals surface area contributed by atoms with Crippen LogP contribution in [0.4, 0.5) is 0 Å². The van der Waals surface area contributed by atoms with Crippen molar-refractivity contribution < 1.29 is 9.90 Å². The number of carboxylic acids is 1. The Balaban J connectivity index is 2.13. The minimum Gasteiger partial charge on any atom is -0.481 e. The summed E-state index contributed by atoms with van der Waals surface area (Å²) in [6.45, 7) is 9.65. The minimum atomic E-state index is -0.771. The fourth-order valence-electron chi connectivity index (χ4n) is 3.46. The van der Waals surface area contributed by atoms with E-state index in [2.05, 4.69) is 63.3 Å². The molecule has 0 aliphatic carbocycles. The largest absolute Gasteiger partial charge is 0.481 e. The van der Waals surface area contributed by atoms with E-state index in [0.717, 1.165) is 29.0 Å². The summed E-state index contributed by atoms with van der Waals surface area (Å²) in [5, 5.41) is 12.8. The fourth-order valence-corrected chi connectivity index (χ4v) is 3.57. The van der Waals surface area contributed by atoms with Gasteiger partial charge in [0.1, 0.15) is 0 Å². The summed E-state index contributed by atoms with van der Waals surface area (Å²) in [6, 6.07) is 11.0. The highest BCUT2D eigenvalue weighted by Gasteiger charge is 2.14. The SMILES string of the molecule is CC[C@@H](Cc1ccc(C)c(CNCCC(=O)O)c1)c1cc(C)c(Cl)c(C)c1. The molecule has 0 bridgehead atoms. The molecule has 146 valence electrons. The Hall–Kier alpha value is -1.84. The van der Waals surface area contributed by atoms with Crippen molar-refractivity contribution in [3.05, 3.63) is 68.7 Å². The Bertz CT molecular complexity index is 778. The highest BCUT2D eigenvalue weighted by atomic mass is 35.5. The van der Waals surface area contributed by atoms with Gasteiger partial charge in [0.2, 0.25) is 0 Å². The lowest BCUT2D eigenvalue weighted by molar-refractivity contribution is -0.136. The van der Waals surface area contributed by atoms with Crippen LogP contribution in [0.25, 0.3) is 0 Å². The Morgan fingerprint density at radius 3 is 2.37 bits per heavy atom. The Morgan fingerprint density at radius 1 is 1.11 bits per heavy atom. The van der Waals surface area contributed by atoms with E-state index in [1.165, 1.54) is 22.3 Å². The molecule has 2 rings (SSSR count). The molecule has 0 aromatic heterocycles. The first-order chi connectivity index (χ1) is 12.8. The molecule has 0 unspecified atom stereocenters. The van der Waals surface area contributed by atoms with Gasteiger partial charge < -0.3 is 10.4 Å². The maximum atomic E-state index is 10.6. The zero-order valence-electron chi connectivity index (χ0n) is 16.7. The number of halogens is 1. The van der Waals surface area contributed by atoms with Crippen molar-refractivity contribution in [2.24, 2.45) is 0 Å². The average Bonchev–Trinajstić information content (AvgIpc) is 2.62. The third-order valence-corrected chi connectivity index (χ3v) is 5.75. The van der Waals surface area contributed by atoms with Crippen LogP contribution in [0.5, 0.6) is 0 Å². The second-order valence-electron chi connectivity index (χ2n) is 7.36. The number of carbonyl (C=O) groups is 1. The van der Waals surface area contributed by atoms with Crippen LogP contribution in [-0.4, -0.2) is 17.6 Å². The maximum absolute atomic E-state index is 10.6. The molecule has 0 amide bonds. The number of carboxylic acid groups (broad SMARTS) is 1. The van der Waals surface area contributed by atoms with Crippen molar-refractivity contribution in [3.63, 3.8) is 0 Å². The lowest BCUT2D eigenvalue weighted by Crippen LogP contribution is -2.18. The number of rotatable bonds is 9. The predicted octanol–water partition coefficient (Wildman–Crippen LogP) is 5.57. The molecule has 0 radical (unpaired) electrons. The first-order valence-electron chi connectivity index (χ1n) is 9.59. The van der Waals surface area contributed by atoms with Gasteiger partial charge >= 0.3 is 5.97 Å². The maximum Gasteiger partial charge on any atom is 0.304 e. The van der Waals surface area contributed by atoms with Crippen molar-refractivity contribution in [3.8, 4) is 0 Å². The van der Waals surface area contributed by atoms with Crippen LogP contribution in [0.2, 0.25) is 5.02 Å². The van der Waals surface area contributed by atoms with Crippen LogP contribution in [0.15, 0.2) is 30.3 Å². The number of hydrogen-bond acceptors (Lipinski definition) is 2. The van der Waals surface area contributed by atoms with Gasteiger partial charge in [-0.15, -0.1) is 0 Å². The molecule has 2 aromatic carbocycles. The van der Waals surface area contributed by atoms with Gasteiger partial charge in [-0.3, -0.25) is 4.79 Å². The first-order valence-corrected chi connectivity index (χ1v) is 9.97. The Kier molecular flexibility index (Phi) is 7.88. The Morgan fingerprint density at radius 2 is 1.78 bits per heavy atom. The lowest BCUT2D eigenvalue weighted by Gasteiger charge is -2.19. The van der Waals surface area contributed by atoms with E-state index in [1.807, 2.05) is 0 Å². The smallest absolute Gasteiger partial charge is 0.304 e. The molecule has 0 saturated carbocycles. The molecule has 2 aromatic rings. The highest BCUT2D eigenvalue weighted by Crippen LogP contribution is 2.30. The molecule has 3 nitrogen and oxygen atoms in total. The van der Waals surface area contributed by atoms with E-state index in [4.69, 9.17) is 16.7 Å². The van der Waals surface area contributed by atoms with Crippen molar-refractivity contribution in [2.75, 3.05) is 6.54 Å². The summed E-state index contributed by atoms with van der Waals surface area (Å²) < 4.78 is 0. The van der Waals surface area contributed by atoms with Gasteiger partial charge in [0.05, 0.1) is 6.42 Å². The quantitative estimate of drug-likeness (QED) is 0.553. The zero-order valence-corrected chi connectivity index (χ0v) is 17.5. The summed E-state index contributed by atoms with van der Waals surface area (Å²) in [5.41, 5.74) is 7.39. The van der Waals surface area contributed by atoms with E-state index < -0.39 is 5.97 Å². The van der Waals surface area contributed by atoms with Crippen molar-refractivity contribution in [2.45, 2.75) is 59.4 Å². The second kappa shape index (κ2) is 9.91. The molecule has 1 atom stereocenters. The number of nitrogens with one attached hydrogen (secondary N) is 1. The third-order valence-electron chi connectivity index (χ3n) is 5.15. The summed E-state index contributed by atoms with van der Waals surface area (Å²) in [6.07, 6.45) is 2.20. The molecule has 0 spiro atoms. The topological polar surface area (TPSA) is 49.3 Å². The van der Waals surface area contributed by atoms with E-state index in [-0.39, 0.29) is 6.42 Å². The number of aliphatic carboxylic acids is 1. The molecular formula is C23H30ClNO2. The van der Waals surface area contributed by atoms with Crippen LogP contribution in [-0.2, 0) is 17.8 Å². The van der Waals surface area contributed by atoms with Gasteiger partial charge in [-0.05, 0) is 72.9 Å². The van der Waals surface area contributed by atoms with E-state index in [9.17, 15) is 4.79 Å². The number of benzene rings is 2. The molecule has 27 heavy (non-hydrogen) atoms. The molecule has 2 N–H and O–H groups in total. The second-order valence-corrected chi connectivity index (χ2v) is 7.74. The summed E-state index contributed by atoms with van der Waals surface area (Å²) in [5.74, 6) is -0.317. The van der Waals surface area contributed by atoms with Crippen LogP contribution in [0, 0.1) is 20.8 Å². The van der Waals surface area contributed by atoms with Gasteiger partial charge in [-0.25, -0.2) is 0 Å². The standard InChI is InChI=1S/C23H30ClNO2/c1-5-19(20-10-16(3)23(24)17(4)11-20)12-18-7-6-15(2)21(13-18)14-25-9-8-22(26)27/h6-7,10-11,13,19,25H,5,8-9,12,14H2,1-4H3,(H,26,27)/t19-/m0/s1. The monoisotopic (exact) mass is 387 g/mol. The average molecular weight is 388 g/mol. The van der Waals surface area contributed by atoms with Crippen molar-refractivity contribution in [1.82, 2.24) is 5.32 Å². The van der Waals surface area contributed by atoms with Gasteiger partial charge in [0.25, 0.3) is 0 Å². The summed E-state index contributed by atoms with van der Waals surface area (Å²) >= 11 is 6.33. The number of hydrogen-bond donors (Lipinski definition) is 2. The molecular weight excluding hydrogens is 358 g/mol. The lowest BCUT2D eigenvalue weighted by atomic mass is 9.87. The van der Waals surface area contributed by atoms with Gasteiger partial charge in [-0.2, -0.15) is 0 Å². The van der Waals surface area contributed by atoms with E-state index >= 15 is 0 Å². The minimum absolute atomic E-state index is 0.145. The third kappa shape index (κ3) is 6.08. The predicted molar refractivity (Wildman–Crippen MR) is 113 cm³/mol. The van der Waals surface area contributed by atoms with Crippen molar-refractivity contribution in [1.29, 1.82) is 0 Å². The number of aryl methyl sites for hydroxylation is 3. The van der Waals surface area contributed by atoms with Gasteiger partial charge in [-0.1, -0.05) is 48.9 Å². The molecule has 0 heterocycles. The molecule has 0 aliphatic rings. The van der Waals surface area contributed by atoms with Crippen molar-refractivity contribution >= 4 is 17.6 Å². The van der Waals surface area contributed by atoms with Gasteiger partial charge in [0.15, 0.2) is 0 Å². The zero-order chi connectivity index (χ0) is 20.0. The summed E-state index contributed by atoms with van der Waals surface area (Å²) in [7, 11) is 0. The molecule has 4 heteroatoms. The highest BCUT2D eigenvalue weighted by molar-refractivity contribution is 6.32. The summed E-state index contributed by atoms with van der Waals surface area (Å²) in [4.78, 5) is 10.6. The van der Waals surface area contributed by atoms with Gasteiger partial charge in [0, 0.05) is 18.1 Å². The molecule has 0 saturated heterocycles. The van der Waals surface area contributed by atoms with E-state index in [0.29, 0.717) is 19.0 Å². The normalized spacial score (nSPS) is 12.2. The van der Waals surface area contributed by atoms with Crippen LogP contribution in [0.3, 0.4) is 0 Å². The fraction of sp³-hybridized carbons (Fsp3) is 0.435. The van der Waals surface area contributed by atoms with Crippen LogP contribution in [0.1, 0.15) is 59.1 Å².